The van der Waals surface area contributed by atoms with E-state index in [0.717, 1.165) is 59.3 Å². The van der Waals surface area contributed by atoms with Crippen LogP contribution in [0.3, 0.4) is 0 Å². The maximum absolute atomic E-state index is 12.2. The first-order valence-corrected chi connectivity index (χ1v) is 13.9. The van der Waals surface area contributed by atoms with Crippen molar-refractivity contribution in [3.63, 3.8) is 0 Å². The third-order valence-corrected chi connectivity index (χ3v) is 7.49. The maximum atomic E-state index is 12.2. The molecule has 0 radical (unpaired) electrons. The molecule has 2 unspecified atom stereocenters. The first-order chi connectivity index (χ1) is 20.0. The van der Waals surface area contributed by atoms with E-state index in [2.05, 4.69) is 37.3 Å². The van der Waals surface area contributed by atoms with E-state index in [-0.39, 0.29) is 17.6 Å². The van der Waals surface area contributed by atoms with Crippen molar-refractivity contribution in [2.45, 2.75) is 44.3 Å². The second-order valence-corrected chi connectivity index (χ2v) is 10.4. The Kier molecular flexibility index (Phi) is 7.51. The lowest BCUT2D eigenvalue weighted by molar-refractivity contribution is 0.100. The minimum absolute atomic E-state index is 0.0404. The zero-order valence-corrected chi connectivity index (χ0v) is 22.7. The highest BCUT2D eigenvalue weighted by Gasteiger charge is 2.23. The Balaban J connectivity index is 1.24. The molecule has 208 valence electrons. The van der Waals surface area contributed by atoms with Crippen LogP contribution in [0.5, 0.6) is 11.5 Å². The van der Waals surface area contributed by atoms with Crippen molar-refractivity contribution in [3.05, 3.63) is 102 Å². The van der Waals surface area contributed by atoms with Crippen molar-refractivity contribution in [1.29, 1.82) is 0 Å². The second kappa shape index (κ2) is 11.7. The van der Waals surface area contributed by atoms with Gasteiger partial charge in [-0.25, -0.2) is 4.98 Å². The quantitative estimate of drug-likeness (QED) is 0.183. The van der Waals surface area contributed by atoms with Gasteiger partial charge in [0.2, 0.25) is 5.95 Å². The van der Waals surface area contributed by atoms with Crippen LogP contribution in [0.4, 0.5) is 17.5 Å². The summed E-state index contributed by atoms with van der Waals surface area (Å²) >= 11 is 0. The number of fused-ring (bicyclic) bond motifs is 1. The van der Waals surface area contributed by atoms with Gasteiger partial charge in [0.05, 0.1) is 5.52 Å². The van der Waals surface area contributed by atoms with Gasteiger partial charge in [-0.2, -0.15) is 4.98 Å². The van der Waals surface area contributed by atoms with Crippen LogP contribution < -0.4 is 26.8 Å². The summed E-state index contributed by atoms with van der Waals surface area (Å²) in [5.74, 6) is 1.75. The Morgan fingerprint density at radius 2 is 1.78 bits per heavy atom. The highest BCUT2D eigenvalue weighted by molar-refractivity contribution is 6.00. The summed E-state index contributed by atoms with van der Waals surface area (Å²) in [7, 11) is 0. The molecule has 0 bridgehead atoms. The molecule has 9 nitrogen and oxygen atoms in total. The summed E-state index contributed by atoms with van der Waals surface area (Å²) < 4.78 is 8.20. The molecule has 1 aliphatic rings. The standard InChI is InChI=1S/C32H33N7O2/c33-26-12-4-5-13-28(26)37-32-35-19-25(30(34)40)31(38-32)36-27-14-7-15-29-24(27)16-17-39(29)20-21-8-6-11-23(18-21)41-22-9-2-1-3-10-22/h1-3,6-11,14-19,26,28H,4-5,12-13,20,33H2,(H2,34,40)(H2,35,36,37,38). The number of hydrogen-bond acceptors (Lipinski definition) is 7. The highest BCUT2D eigenvalue weighted by atomic mass is 16.5. The van der Waals surface area contributed by atoms with E-state index in [1.54, 1.807) is 0 Å². The number of benzene rings is 3. The largest absolute Gasteiger partial charge is 0.457 e. The van der Waals surface area contributed by atoms with E-state index in [1.165, 1.54) is 6.20 Å². The number of anilines is 3. The first-order valence-electron chi connectivity index (χ1n) is 13.9. The van der Waals surface area contributed by atoms with Crippen LogP contribution in [0, 0.1) is 0 Å². The number of rotatable bonds is 9. The second-order valence-electron chi connectivity index (χ2n) is 10.4. The predicted molar refractivity (Wildman–Crippen MR) is 162 cm³/mol. The molecule has 2 aromatic heterocycles. The summed E-state index contributed by atoms with van der Waals surface area (Å²) in [5.41, 5.74) is 15.2. The molecule has 0 spiro atoms. The van der Waals surface area contributed by atoms with Crippen LogP contribution in [0.15, 0.2) is 91.3 Å². The topological polar surface area (TPSA) is 133 Å². The minimum Gasteiger partial charge on any atom is -0.457 e. The summed E-state index contributed by atoms with van der Waals surface area (Å²) in [4.78, 5) is 21.2. The van der Waals surface area contributed by atoms with Gasteiger partial charge < -0.3 is 31.4 Å². The predicted octanol–water partition coefficient (Wildman–Crippen LogP) is 5.80. The normalized spacial score (nSPS) is 16.8. The fraction of sp³-hybridized carbons (Fsp3) is 0.219. The van der Waals surface area contributed by atoms with Gasteiger partial charge in [0.15, 0.2) is 0 Å². The Hall–Kier alpha value is -4.89. The van der Waals surface area contributed by atoms with Crippen molar-refractivity contribution in [1.82, 2.24) is 14.5 Å². The van der Waals surface area contributed by atoms with Crippen LogP contribution >= 0.6 is 0 Å². The molecular weight excluding hydrogens is 514 g/mol. The molecule has 6 rings (SSSR count). The molecule has 1 saturated carbocycles. The summed E-state index contributed by atoms with van der Waals surface area (Å²) in [5, 5.41) is 7.69. The van der Waals surface area contributed by atoms with E-state index in [0.29, 0.717) is 18.3 Å². The number of aromatic nitrogens is 3. The van der Waals surface area contributed by atoms with Crippen LogP contribution in [0.25, 0.3) is 10.9 Å². The molecule has 1 fully saturated rings. The molecule has 0 aliphatic heterocycles. The monoisotopic (exact) mass is 547 g/mol. The van der Waals surface area contributed by atoms with Gasteiger partial charge in [0, 0.05) is 42.1 Å². The van der Waals surface area contributed by atoms with Gasteiger partial charge in [-0.1, -0.05) is 49.2 Å². The molecular formula is C32H33N7O2. The maximum Gasteiger partial charge on any atom is 0.254 e. The lowest BCUT2D eigenvalue weighted by Crippen LogP contribution is -2.43. The van der Waals surface area contributed by atoms with Gasteiger partial charge in [-0.05, 0) is 60.9 Å². The molecule has 2 heterocycles. The fourth-order valence-corrected chi connectivity index (χ4v) is 5.36. The molecule has 6 N–H and O–H groups in total. The fourth-order valence-electron chi connectivity index (χ4n) is 5.36. The Morgan fingerprint density at radius 1 is 0.976 bits per heavy atom. The van der Waals surface area contributed by atoms with Gasteiger partial charge in [0.25, 0.3) is 5.91 Å². The van der Waals surface area contributed by atoms with E-state index in [4.69, 9.17) is 16.2 Å². The third kappa shape index (κ3) is 6.00. The Morgan fingerprint density at radius 3 is 2.61 bits per heavy atom. The number of carbonyl (C=O) groups excluding carboxylic acids is 1. The SMILES string of the molecule is NC(=O)c1cnc(NC2CCCCC2N)nc1Nc1cccc2c1ccn2Cc1cccc(Oc2ccccc2)c1. The summed E-state index contributed by atoms with van der Waals surface area (Å²) in [6.45, 7) is 0.661. The smallest absolute Gasteiger partial charge is 0.254 e. The average molecular weight is 548 g/mol. The number of primary amides is 1. The van der Waals surface area contributed by atoms with Crippen molar-refractivity contribution < 1.29 is 9.53 Å². The van der Waals surface area contributed by atoms with Gasteiger partial charge in [0.1, 0.15) is 22.9 Å². The molecule has 3 aromatic carbocycles. The summed E-state index contributed by atoms with van der Waals surface area (Å²) in [6.07, 6.45) is 7.67. The molecule has 1 aliphatic carbocycles. The van der Waals surface area contributed by atoms with E-state index >= 15 is 0 Å². The van der Waals surface area contributed by atoms with Gasteiger partial charge in [-0.3, -0.25) is 4.79 Å². The van der Waals surface area contributed by atoms with E-state index in [9.17, 15) is 4.79 Å². The Bertz CT molecular complexity index is 1670. The molecule has 9 heteroatoms. The van der Waals surface area contributed by atoms with Gasteiger partial charge >= 0.3 is 0 Å². The highest BCUT2D eigenvalue weighted by Crippen LogP contribution is 2.30. The number of nitrogens with zero attached hydrogens (tertiary/aromatic N) is 3. The van der Waals surface area contributed by atoms with Crippen molar-refractivity contribution in [3.8, 4) is 11.5 Å². The lowest BCUT2D eigenvalue weighted by atomic mass is 9.91. The van der Waals surface area contributed by atoms with Crippen molar-refractivity contribution >= 4 is 34.3 Å². The van der Waals surface area contributed by atoms with Crippen LogP contribution in [-0.4, -0.2) is 32.5 Å². The molecule has 0 saturated heterocycles. The van der Waals surface area contributed by atoms with Crippen molar-refractivity contribution in [2.75, 3.05) is 10.6 Å². The third-order valence-electron chi connectivity index (χ3n) is 7.49. The zero-order valence-electron chi connectivity index (χ0n) is 22.7. The van der Waals surface area contributed by atoms with Gasteiger partial charge in [-0.15, -0.1) is 0 Å². The minimum atomic E-state index is -0.601. The van der Waals surface area contributed by atoms with Crippen LogP contribution in [0.1, 0.15) is 41.6 Å². The number of ether oxygens (including phenoxy) is 1. The number of carbonyl (C=O) groups is 1. The van der Waals surface area contributed by atoms with E-state index in [1.807, 2.05) is 72.9 Å². The van der Waals surface area contributed by atoms with Crippen LogP contribution in [-0.2, 0) is 6.54 Å². The Labute approximate surface area is 238 Å². The summed E-state index contributed by atoms with van der Waals surface area (Å²) in [6, 6.07) is 26.0. The molecule has 5 aromatic rings. The van der Waals surface area contributed by atoms with Crippen molar-refractivity contribution in [2.24, 2.45) is 11.5 Å². The number of nitrogens with two attached hydrogens (primary N) is 2. The first kappa shape index (κ1) is 26.3. The number of hydrogen-bond donors (Lipinski definition) is 4. The number of amides is 1. The average Bonchev–Trinajstić information content (AvgIpc) is 3.38. The molecule has 2 atom stereocenters. The van der Waals surface area contributed by atoms with E-state index < -0.39 is 5.91 Å². The lowest BCUT2D eigenvalue weighted by Gasteiger charge is -2.29. The van der Waals surface area contributed by atoms with Crippen LogP contribution in [0.2, 0.25) is 0 Å². The number of nitrogens with one attached hydrogen (secondary N) is 2. The molecule has 41 heavy (non-hydrogen) atoms. The number of para-hydroxylation sites is 1. The molecule has 1 amide bonds. The zero-order chi connectivity index (χ0) is 28.2.